The second kappa shape index (κ2) is 12.2. The monoisotopic (exact) mass is 496 g/mol. The molecule has 2 unspecified atom stereocenters. The van der Waals surface area contributed by atoms with E-state index in [1.807, 2.05) is 54.6 Å². The molecule has 1 N–H and O–H groups in total. The van der Waals surface area contributed by atoms with Crippen molar-refractivity contribution in [3.05, 3.63) is 88.4 Å². The number of methoxy groups -OCH3 is 3. The van der Waals surface area contributed by atoms with Gasteiger partial charge in [0.15, 0.2) is 11.5 Å². The van der Waals surface area contributed by atoms with E-state index in [1.165, 1.54) is 33.1 Å². The molecule has 8 heteroatoms. The van der Waals surface area contributed by atoms with E-state index < -0.39 is 6.04 Å². The van der Waals surface area contributed by atoms with E-state index in [0.29, 0.717) is 27.8 Å². The maximum absolute atomic E-state index is 12.8. The van der Waals surface area contributed by atoms with Crippen molar-refractivity contribution in [3.63, 3.8) is 0 Å². The molecule has 34 heavy (non-hydrogen) atoms. The normalized spacial score (nSPS) is 12.2. The molecule has 0 saturated heterocycles. The molecule has 0 bridgehead atoms. The SMILES string of the molecule is COc1cc(C(C#N)NC(=O)CSC(c2ccccc2)c2ccc(Cl)cc2)cc(OC)c1OC. The highest BCUT2D eigenvalue weighted by molar-refractivity contribution is 8.00. The van der Waals surface area contributed by atoms with Crippen molar-refractivity contribution >= 4 is 29.3 Å². The molecule has 0 radical (unpaired) electrons. The van der Waals surface area contributed by atoms with Crippen LogP contribution in [0.1, 0.15) is 28.0 Å². The van der Waals surface area contributed by atoms with E-state index in [-0.39, 0.29) is 16.9 Å². The lowest BCUT2D eigenvalue weighted by Gasteiger charge is -2.19. The second-order valence-electron chi connectivity index (χ2n) is 7.24. The molecule has 2 atom stereocenters. The number of nitrogens with one attached hydrogen (secondary N) is 1. The lowest BCUT2D eigenvalue weighted by molar-refractivity contribution is -0.118. The van der Waals surface area contributed by atoms with Crippen LogP contribution in [0.3, 0.4) is 0 Å². The summed E-state index contributed by atoms with van der Waals surface area (Å²) in [6, 6.07) is 22.1. The van der Waals surface area contributed by atoms with Crippen molar-refractivity contribution in [2.45, 2.75) is 11.3 Å². The quantitative estimate of drug-likeness (QED) is 0.395. The Morgan fingerprint density at radius 1 is 0.941 bits per heavy atom. The maximum Gasteiger partial charge on any atom is 0.231 e. The maximum atomic E-state index is 12.8. The van der Waals surface area contributed by atoms with Gasteiger partial charge in [-0.25, -0.2) is 0 Å². The van der Waals surface area contributed by atoms with Gasteiger partial charge in [-0.05, 0) is 41.0 Å². The standard InChI is InChI=1S/C26H25ClN2O4S/c1-31-22-13-19(14-23(32-2)25(22)33-3)21(15-28)29-24(30)16-34-26(17-7-5-4-6-8-17)18-9-11-20(27)12-10-18/h4-14,21,26H,16H2,1-3H3,(H,29,30). The molecule has 0 spiro atoms. The van der Waals surface area contributed by atoms with Crippen LogP contribution in [0.15, 0.2) is 66.7 Å². The Hall–Kier alpha value is -3.34. The fourth-order valence-electron chi connectivity index (χ4n) is 3.47. The van der Waals surface area contributed by atoms with Crippen molar-refractivity contribution < 1.29 is 19.0 Å². The van der Waals surface area contributed by atoms with Crippen LogP contribution in [0.2, 0.25) is 5.02 Å². The zero-order valence-corrected chi connectivity index (χ0v) is 20.7. The molecule has 0 aliphatic heterocycles. The number of hydrogen-bond donors (Lipinski definition) is 1. The summed E-state index contributed by atoms with van der Waals surface area (Å²) in [5.74, 6) is 1.13. The van der Waals surface area contributed by atoms with Crippen LogP contribution in [-0.2, 0) is 4.79 Å². The summed E-state index contributed by atoms with van der Waals surface area (Å²) in [5, 5.41) is 13.1. The number of carbonyl (C=O) groups excluding carboxylic acids is 1. The summed E-state index contributed by atoms with van der Waals surface area (Å²) in [7, 11) is 4.50. The summed E-state index contributed by atoms with van der Waals surface area (Å²) in [5.41, 5.74) is 2.65. The van der Waals surface area contributed by atoms with Gasteiger partial charge in [0.05, 0.1) is 38.4 Å². The zero-order valence-electron chi connectivity index (χ0n) is 19.1. The molecule has 3 aromatic carbocycles. The molecule has 0 heterocycles. The molecule has 0 saturated carbocycles. The third kappa shape index (κ3) is 6.16. The third-order valence-electron chi connectivity index (χ3n) is 5.11. The lowest BCUT2D eigenvalue weighted by atomic mass is 10.0. The fraction of sp³-hybridized carbons (Fsp3) is 0.231. The number of hydrogen-bond acceptors (Lipinski definition) is 6. The van der Waals surface area contributed by atoms with Crippen LogP contribution < -0.4 is 19.5 Å². The minimum atomic E-state index is -0.882. The topological polar surface area (TPSA) is 80.6 Å². The van der Waals surface area contributed by atoms with Crippen LogP contribution in [0, 0.1) is 11.3 Å². The molecule has 0 aliphatic rings. The summed E-state index contributed by atoms with van der Waals surface area (Å²) >= 11 is 7.53. The first-order chi connectivity index (χ1) is 16.5. The highest BCUT2D eigenvalue weighted by atomic mass is 35.5. The van der Waals surface area contributed by atoms with Gasteiger partial charge in [0.1, 0.15) is 6.04 Å². The summed E-state index contributed by atoms with van der Waals surface area (Å²) in [4.78, 5) is 12.8. The number of nitrogens with zero attached hydrogens (tertiary/aromatic N) is 1. The number of carbonyl (C=O) groups is 1. The Bertz CT molecular complexity index is 1120. The third-order valence-corrected chi connectivity index (χ3v) is 6.67. The second-order valence-corrected chi connectivity index (χ2v) is 8.77. The molecule has 0 fully saturated rings. The van der Waals surface area contributed by atoms with Gasteiger partial charge in [-0.1, -0.05) is 54.1 Å². The average Bonchev–Trinajstić information content (AvgIpc) is 2.88. The average molecular weight is 497 g/mol. The largest absolute Gasteiger partial charge is 0.493 e. The molecule has 6 nitrogen and oxygen atoms in total. The van der Waals surface area contributed by atoms with Crippen LogP contribution in [0.5, 0.6) is 17.2 Å². The Kier molecular flexibility index (Phi) is 9.08. The van der Waals surface area contributed by atoms with Gasteiger partial charge < -0.3 is 19.5 Å². The fourth-order valence-corrected chi connectivity index (χ4v) is 4.70. The number of halogens is 1. The number of thioether (sulfide) groups is 1. The zero-order chi connectivity index (χ0) is 24.5. The predicted octanol–water partition coefficient (Wildman–Crippen LogP) is 5.57. The van der Waals surface area contributed by atoms with Crippen LogP contribution in [0.4, 0.5) is 0 Å². The van der Waals surface area contributed by atoms with Crippen molar-refractivity contribution in [3.8, 4) is 23.3 Å². The Morgan fingerprint density at radius 2 is 1.53 bits per heavy atom. The number of ether oxygens (including phenoxy) is 3. The number of amides is 1. The molecule has 3 rings (SSSR count). The molecular weight excluding hydrogens is 472 g/mol. The van der Waals surface area contributed by atoms with Crippen LogP contribution in [-0.4, -0.2) is 33.0 Å². The molecule has 1 amide bonds. The molecular formula is C26H25ClN2O4S. The van der Waals surface area contributed by atoms with Gasteiger partial charge in [-0.2, -0.15) is 5.26 Å². The van der Waals surface area contributed by atoms with Crippen molar-refractivity contribution in [2.75, 3.05) is 27.1 Å². The number of nitriles is 1. The van der Waals surface area contributed by atoms with E-state index in [2.05, 4.69) is 11.4 Å². The van der Waals surface area contributed by atoms with E-state index >= 15 is 0 Å². The van der Waals surface area contributed by atoms with Gasteiger partial charge in [0.25, 0.3) is 0 Å². The highest BCUT2D eigenvalue weighted by Crippen LogP contribution is 2.40. The van der Waals surface area contributed by atoms with Gasteiger partial charge in [-0.3, -0.25) is 4.79 Å². The number of benzene rings is 3. The summed E-state index contributed by atoms with van der Waals surface area (Å²) in [6.45, 7) is 0. The molecule has 0 aliphatic carbocycles. The summed E-state index contributed by atoms with van der Waals surface area (Å²) < 4.78 is 16.1. The van der Waals surface area contributed by atoms with E-state index in [0.717, 1.165) is 11.1 Å². The van der Waals surface area contributed by atoms with Crippen LogP contribution >= 0.6 is 23.4 Å². The molecule has 0 aromatic heterocycles. The van der Waals surface area contributed by atoms with Crippen molar-refractivity contribution in [1.82, 2.24) is 5.32 Å². The van der Waals surface area contributed by atoms with E-state index in [1.54, 1.807) is 12.1 Å². The predicted molar refractivity (Wildman–Crippen MR) is 135 cm³/mol. The first kappa shape index (κ1) is 25.3. The van der Waals surface area contributed by atoms with E-state index in [9.17, 15) is 10.1 Å². The lowest BCUT2D eigenvalue weighted by Crippen LogP contribution is -2.29. The van der Waals surface area contributed by atoms with Gasteiger partial charge >= 0.3 is 0 Å². The van der Waals surface area contributed by atoms with Gasteiger partial charge in [-0.15, -0.1) is 11.8 Å². The Balaban J connectivity index is 1.76. The van der Waals surface area contributed by atoms with Crippen molar-refractivity contribution in [2.24, 2.45) is 0 Å². The first-order valence-electron chi connectivity index (χ1n) is 10.4. The minimum Gasteiger partial charge on any atom is -0.493 e. The first-order valence-corrected chi connectivity index (χ1v) is 11.8. The van der Waals surface area contributed by atoms with Crippen LogP contribution in [0.25, 0.3) is 0 Å². The van der Waals surface area contributed by atoms with Gasteiger partial charge in [0.2, 0.25) is 11.7 Å². The Morgan fingerprint density at radius 3 is 2.06 bits per heavy atom. The van der Waals surface area contributed by atoms with Crippen molar-refractivity contribution in [1.29, 1.82) is 5.26 Å². The van der Waals surface area contributed by atoms with Gasteiger partial charge in [0, 0.05) is 5.02 Å². The molecule has 3 aromatic rings. The molecule has 176 valence electrons. The Labute approximate surface area is 208 Å². The minimum absolute atomic E-state index is 0.0640. The summed E-state index contributed by atoms with van der Waals surface area (Å²) in [6.07, 6.45) is 0. The smallest absolute Gasteiger partial charge is 0.231 e. The highest BCUT2D eigenvalue weighted by Gasteiger charge is 2.22. The van der Waals surface area contributed by atoms with E-state index in [4.69, 9.17) is 25.8 Å². The number of rotatable bonds is 10.